The highest BCUT2D eigenvalue weighted by atomic mass is 32.2. The van der Waals surface area contributed by atoms with Gasteiger partial charge in [-0.1, -0.05) is 53.7 Å². The first-order valence-corrected chi connectivity index (χ1v) is 10.1. The predicted octanol–water partition coefficient (Wildman–Crippen LogP) is 4.26. The van der Waals surface area contributed by atoms with Crippen molar-refractivity contribution in [2.75, 3.05) is 18.3 Å². The van der Waals surface area contributed by atoms with Crippen LogP contribution in [0.15, 0.2) is 65.8 Å². The lowest BCUT2D eigenvalue weighted by molar-refractivity contribution is 0.0515. The van der Waals surface area contributed by atoms with Gasteiger partial charge in [-0.05, 0) is 23.0 Å². The molecule has 0 aromatic heterocycles. The number of nitrogens with zero attached hydrogens (tertiary/aromatic N) is 1. The summed E-state index contributed by atoms with van der Waals surface area (Å²) >= 11 is 0. The largest absolute Gasteiger partial charge is 0.673 e. The van der Waals surface area contributed by atoms with Gasteiger partial charge in [0.15, 0.2) is 11.5 Å². The third-order valence-corrected chi connectivity index (χ3v) is 3.82. The van der Waals surface area contributed by atoms with Crippen LogP contribution < -0.4 is 0 Å². The van der Waals surface area contributed by atoms with E-state index in [0.29, 0.717) is 16.9 Å². The van der Waals surface area contributed by atoms with Crippen molar-refractivity contribution in [3.63, 3.8) is 0 Å². The molecular formula is C18H18BF4NO3S. The minimum absolute atomic E-state index is 0.0421. The Morgan fingerprint density at radius 2 is 1.32 bits per heavy atom. The fraction of sp³-hybridized carbons (Fsp3) is 0.167. The zero-order chi connectivity index (χ0) is 21.2. The molecule has 0 saturated carbocycles. The van der Waals surface area contributed by atoms with Crippen LogP contribution in [-0.2, 0) is 15.7 Å². The lowest BCUT2D eigenvalue weighted by Gasteiger charge is -2.04. The molecule has 0 radical (unpaired) electrons. The van der Waals surface area contributed by atoms with E-state index in [0.717, 1.165) is 0 Å². The van der Waals surface area contributed by atoms with Crippen LogP contribution in [0.4, 0.5) is 17.3 Å². The van der Waals surface area contributed by atoms with Crippen LogP contribution in [0.2, 0.25) is 0 Å². The molecule has 2 aromatic carbocycles. The summed E-state index contributed by atoms with van der Waals surface area (Å²) in [4.78, 5) is 29.4. The van der Waals surface area contributed by atoms with E-state index in [1.165, 1.54) is 0 Å². The number of carbonyl (C=O) groups excluding carboxylic acids is 2. The van der Waals surface area contributed by atoms with E-state index < -0.39 is 13.2 Å². The van der Waals surface area contributed by atoms with Gasteiger partial charge in [0.25, 0.3) is 0 Å². The summed E-state index contributed by atoms with van der Waals surface area (Å²) < 4.78 is 39.0. The Hall–Kier alpha value is -2.62. The zero-order valence-corrected chi connectivity index (χ0v) is 16.0. The van der Waals surface area contributed by atoms with Gasteiger partial charge in [0.1, 0.15) is 0 Å². The third-order valence-electron chi connectivity index (χ3n) is 2.97. The fourth-order valence-electron chi connectivity index (χ4n) is 1.89. The monoisotopic (exact) mass is 415 g/mol. The maximum absolute atomic E-state index is 12.5. The van der Waals surface area contributed by atoms with Crippen LogP contribution in [0.5, 0.6) is 0 Å². The average molecular weight is 415 g/mol. The molecule has 0 aliphatic carbocycles. The van der Waals surface area contributed by atoms with Gasteiger partial charge in [0, 0.05) is 5.56 Å². The summed E-state index contributed by atoms with van der Waals surface area (Å²) in [7, 11) is -6.04. The van der Waals surface area contributed by atoms with Gasteiger partial charge in [0.2, 0.25) is 5.78 Å². The molecule has 4 nitrogen and oxygen atoms in total. The van der Waals surface area contributed by atoms with Crippen molar-refractivity contribution < 1.29 is 31.7 Å². The molecule has 0 N–H and O–H groups in total. The molecule has 0 spiro atoms. The first-order valence-electron chi connectivity index (χ1n) is 7.92. The molecule has 0 aliphatic heterocycles. The second-order valence-electron chi connectivity index (χ2n) is 5.60. The minimum atomic E-state index is -6.00. The topological polar surface area (TPSA) is 55.7 Å². The highest BCUT2D eigenvalue weighted by Crippen LogP contribution is 2.07. The molecule has 0 amide bonds. The molecule has 10 heteroatoms. The van der Waals surface area contributed by atoms with Crippen LogP contribution in [0, 0.1) is 0 Å². The van der Waals surface area contributed by atoms with Crippen LogP contribution in [0.25, 0.3) is 0 Å². The number of Topliss-reactive ketones (excluding diaryl/α,β-unsaturated/α-hetero) is 1. The standard InChI is InChI=1S/C18H18NO3S.BF4/c1-23(2)13-16(17(20)14-9-5-3-6-10-14)19-22-18(21)15-11-7-4-8-12-15;2-1(3,4)5/h3-12H,13H2,1-2H3;/q+1;-1. The van der Waals surface area contributed by atoms with Gasteiger partial charge in [-0.3, -0.25) is 4.79 Å². The summed E-state index contributed by atoms with van der Waals surface area (Å²) in [5.41, 5.74) is 1.19. The number of hydrogen-bond donors (Lipinski definition) is 0. The molecule has 0 unspecified atom stereocenters. The van der Waals surface area contributed by atoms with Crippen molar-refractivity contribution >= 4 is 35.6 Å². The molecule has 0 atom stereocenters. The van der Waals surface area contributed by atoms with Crippen molar-refractivity contribution in [3.8, 4) is 0 Å². The Morgan fingerprint density at radius 1 is 0.893 bits per heavy atom. The van der Waals surface area contributed by atoms with Crippen molar-refractivity contribution in [1.29, 1.82) is 0 Å². The van der Waals surface area contributed by atoms with Crippen molar-refractivity contribution in [1.82, 2.24) is 0 Å². The van der Waals surface area contributed by atoms with Gasteiger partial charge in [0.05, 0.1) is 18.1 Å². The van der Waals surface area contributed by atoms with E-state index >= 15 is 0 Å². The lowest BCUT2D eigenvalue weighted by Crippen LogP contribution is -2.24. The second-order valence-corrected chi connectivity index (χ2v) is 7.86. The summed E-state index contributed by atoms with van der Waals surface area (Å²) in [6.45, 7) is 0. The molecule has 2 aromatic rings. The van der Waals surface area contributed by atoms with Gasteiger partial charge < -0.3 is 22.1 Å². The summed E-state index contributed by atoms with van der Waals surface area (Å²) in [6, 6.07) is 17.4. The number of carbonyl (C=O) groups is 2. The summed E-state index contributed by atoms with van der Waals surface area (Å²) in [5.74, 6) is -0.320. The van der Waals surface area contributed by atoms with Crippen LogP contribution in [0.3, 0.4) is 0 Å². The van der Waals surface area contributed by atoms with Crippen molar-refractivity contribution in [2.45, 2.75) is 0 Å². The molecule has 0 bridgehead atoms. The summed E-state index contributed by atoms with van der Waals surface area (Å²) in [6.07, 6.45) is 4.01. The van der Waals surface area contributed by atoms with E-state index in [-0.39, 0.29) is 22.4 Å². The molecule has 2 rings (SSSR count). The van der Waals surface area contributed by atoms with Gasteiger partial charge in [-0.2, -0.15) is 0 Å². The first kappa shape index (κ1) is 23.4. The molecule has 0 heterocycles. The highest BCUT2D eigenvalue weighted by Gasteiger charge is 2.22. The lowest BCUT2D eigenvalue weighted by atomic mass is 10.1. The SMILES string of the molecule is C[S+](C)CC(=NOC(=O)c1ccccc1)C(=O)c1ccccc1.F[B-](F)(F)F. The zero-order valence-electron chi connectivity index (χ0n) is 15.2. The first-order chi connectivity index (χ1) is 13.1. The minimum Gasteiger partial charge on any atom is -0.418 e. The molecule has 28 heavy (non-hydrogen) atoms. The number of halogens is 4. The molecule has 0 fully saturated rings. The number of rotatable bonds is 6. The van der Waals surface area contributed by atoms with Crippen LogP contribution in [0.1, 0.15) is 20.7 Å². The molecule has 0 saturated heterocycles. The number of ketones is 1. The van der Waals surface area contributed by atoms with Crippen LogP contribution >= 0.6 is 0 Å². The highest BCUT2D eigenvalue weighted by molar-refractivity contribution is 7.96. The number of hydrogen-bond acceptors (Lipinski definition) is 4. The second kappa shape index (κ2) is 11.3. The Bertz CT molecular complexity index is 793. The maximum Gasteiger partial charge on any atom is 0.673 e. The quantitative estimate of drug-likeness (QED) is 0.135. The average Bonchev–Trinajstić information content (AvgIpc) is 2.64. The van der Waals surface area contributed by atoms with E-state index in [1.54, 1.807) is 48.5 Å². The fourth-order valence-corrected chi connectivity index (χ4v) is 2.62. The Morgan fingerprint density at radius 3 is 1.75 bits per heavy atom. The predicted molar refractivity (Wildman–Crippen MR) is 104 cm³/mol. The molecule has 0 aliphatic rings. The smallest absolute Gasteiger partial charge is 0.418 e. The Balaban J connectivity index is 0.000000696. The van der Waals surface area contributed by atoms with E-state index in [2.05, 4.69) is 5.16 Å². The van der Waals surface area contributed by atoms with E-state index in [1.807, 2.05) is 24.6 Å². The van der Waals surface area contributed by atoms with Crippen molar-refractivity contribution in [2.24, 2.45) is 5.16 Å². The summed E-state index contributed by atoms with van der Waals surface area (Å²) in [5, 5.41) is 3.84. The van der Waals surface area contributed by atoms with Crippen molar-refractivity contribution in [3.05, 3.63) is 71.8 Å². The van der Waals surface area contributed by atoms with Gasteiger partial charge in [-0.25, -0.2) is 4.79 Å². The van der Waals surface area contributed by atoms with Crippen LogP contribution in [-0.4, -0.2) is 43.0 Å². The normalized spacial score (nSPS) is 11.5. The van der Waals surface area contributed by atoms with E-state index in [9.17, 15) is 26.9 Å². The van der Waals surface area contributed by atoms with Gasteiger partial charge in [-0.15, -0.1) is 0 Å². The number of oxime groups is 1. The molecular weight excluding hydrogens is 397 g/mol. The Kier molecular flexibility index (Phi) is 9.44. The van der Waals surface area contributed by atoms with E-state index in [4.69, 9.17) is 4.84 Å². The third kappa shape index (κ3) is 9.91. The Labute approximate surface area is 163 Å². The number of benzene rings is 2. The van der Waals surface area contributed by atoms with Gasteiger partial charge >= 0.3 is 13.2 Å². The molecule has 150 valence electrons. The maximum atomic E-state index is 12.5.